The van der Waals surface area contributed by atoms with Crippen molar-refractivity contribution in [1.82, 2.24) is 0 Å². The molecule has 0 fully saturated rings. The first-order chi connectivity index (χ1) is 7.72. The molecule has 25 heavy (non-hydrogen) atoms. The minimum Gasteiger partial charge on any atom is -0.780 e. The molecule has 0 aliphatic heterocycles. The molecule has 10 nitrogen and oxygen atoms in total. The topological polar surface area (TPSA) is 261 Å². The average Bonchev–Trinajstić information content (AvgIpc) is 2.14. The van der Waals surface area contributed by atoms with Crippen molar-refractivity contribution in [1.29, 1.82) is 0 Å². The quantitative estimate of drug-likeness (QED) is 0.345. The first-order valence-electron chi connectivity index (χ1n) is 5.57. The maximum Gasteiger partial charge on any atom is 1.00 e. The van der Waals surface area contributed by atoms with E-state index in [1.54, 1.807) is 12.1 Å². The fourth-order valence-corrected chi connectivity index (χ4v) is 2.13. The van der Waals surface area contributed by atoms with Gasteiger partial charge in [-0.05, 0) is 23.0 Å². The van der Waals surface area contributed by atoms with E-state index in [1.807, 2.05) is 33.8 Å². The van der Waals surface area contributed by atoms with Crippen molar-refractivity contribution in [3.05, 3.63) is 29.3 Å². The van der Waals surface area contributed by atoms with Crippen LogP contribution in [0, 0.1) is 0 Å². The molecule has 144 valence electrons. The second kappa shape index (κ2) is 21.2. The van der Waals surface area contributed by atoms with Crippen LogP contribution in [-0.4, -0.2) is 32.9 Å². The van der Waals surface area contributed by atoms with Gasteiger partial charge in [-0.2, -0.15) is 0 Å². The molecule has 0 bridgehead atoms. The zero-order valence-electron chi connectivity index (χ0n) is 15.5. The van der Waals surface area contributed by atoms with E-state index in [0.29, 0.717) is 0 Å². The smallest absolute Gasteiger partial charge is 0.780 e. The normalized spacial score (nSPS) is 8.32. The summed E-state index contributed by atoms with van der Waals surface area (Å²) in [7, 11) is -5.02. The minimum atomic E-state index is -5.02. The van der Waals surface area contributed by atoms with Gasteiger partial charge in [0.15, 0.2) is 0 Å². The molecule has 0 unspecified atom stereocenters. The maximum absolute atomic E-state index is 10.8. The van der Waals surface area contributed by atoms with Crippen LogP contribution in [0.5, 0.6) is 5.75 Å². The summed E-state index contributed by atoms with van der Waals surface area (Å²) in [5.41, 5.74) is 1.48. The number of phosphoric ester groups is 1. The van der Waals surface area contributed by atoms with E-state index >= 15 is 0 Å². The SMILES string of the molecule is CC(C)c1cccc(C(C)C)c1OP(=O)([O-])[O-].O.O.O.O.O.O.[Na+].[Na+]. The predicted molar refractivity (Wildman–Crippen MR) is 84.5 cm³/mol. The van der Waals surface area contributed by atoms with Crippen molar-refractivity contribution in [2.75, 3.05) is 0 Å². The fourth-order valence-electron chi connectivity index (χ4n) is 1.70. The van der Waals surface area contributed by atoms with Crippen LogP contribution in [0.15, 0.2) is 18.2 Å². The number of hydrogen-bond acceptors (Lipinski definition) is 4. The van der Waals surface area contributed by atoms with E-state index in [4.69, 9.17) is 0 Å². The van der Waals surface area contributed by atoms with Crippen LogP contribution in [0.4, 0.5) is 0 Å². The molecule has 0 heterocycles. The summed E-state index contributed by atoms with van der Waals surface area (Å²) in [5.74, 6) is 0.385. The van der Waals surface area contributed by atoms with E-state index in [-0.39, 0.29) is 110 Å². The van der Waals surface area contributed by atoms with Gasteiger partial charge in [0.1, 0.15) is 13.6 Å². The molecule has 0 atom stereocenters. The van der Waals surface area contributed by atoms with Crippen molar-refractivity contribution < 1.29 is 111 Å². The second-order valence-electron chi connectivity index (χ2n) is 4.61. The number of phosphoric acid groups is 1. The van der Waals surface area contributed by atoms with Gasteiger partial charge in [0.05, 0.1) is 0 Å². The van der Waals surface area contributed by atoms with Gasteiger partial charge in [0, 0.05) is 0 Å². The Balaban J connectivity index is -0.0000000602. The van der Waals surface area contributed by atoms with E-state index in [1.165, 1.54) is 0 Å². The maximum atomic E-state index is 10.8. The summed E-state index contributed by atoms with van der Waals surface area (Å²) in [4.78, 5) is 21.6. The first-order valence-corrected chi connectivity index (χ1v) is 7.03. The van der Waals surface area contributed by atoms with Crippen molar-refractivity contribution >= 4 is 7.82 Å². The minimum absolute atomic E-state index is 0. The molecule has 0 saturated carbocycles. The van der Waals surface area contributed by atoms with E-state index in [9.17, 15) is 14.4 Å². The predicted octanol–water partition coefficient (Wildman–Crippen LogP) is -8.80. The Labute approximate surface area is 192 Å². The van der Waals surface area contributed by atoms with Crippen molar-refractivity contribution in [3.63, 3.8) is 0 Å². The third kappa shape index (κ3) is 16.8. The van der Waals surface area contributed by atoms with Gasteiger partial charge in [-0.1, -0.05) is 45.9 Å². The molecule has 0 saturated heterocycles. The zero-order valence-corrected chi connectivity index (χ0v) is 20.4. The number of para-hydroxylation sites is 1. The van der Waals surface area contributed by atoms with Gasteiger partial charge >= 0.3 is 59.1 Å². The largest absolute Gasteiger partial charge is 1.00 e. The van der Waals surface area contributed by atoms with Crippen LogP contribution in [-0.2, 0) is 4.57 Å². The molecule has 0 amide bonds. The molecular formula is C12H29Na2O10P. The molecule has 1 aromatic carbocycles. The zero-order chi connectivity index (χ0) is 13.2. The Hall–Kier alpha value is 0.930. The van der Waals surface area contributed by atoms with Crippen LogP contribution >= 0.6 is 7.82 Å². The molecule has 1 aromatic rings. The summed E-state index contributed by atoms with van der Waals surface area (Å²) in [6.07, 6.45) is 0. The molecule has 0 aromatic heterocycles. The number of benzene rings is 1. The summed E-state index contributed by atoms with van der Waals surface area (Å²) < 4.78 is 15.4. The van der Waals surface area contributed by atoms with E-state index in [0.717, 1.165) is 11.1 Å². The molecule has 0 aliphatic rings. The molecule has 13 heteroatoms. The first kappa shape index (κ1) is 50.1. The molecular weight excluding hydrogens is 381 g/mol. The monoisotopic (exact) mass is 410 g/mol. The third-order valence-corrected chi connectivity index (χ3v) is 2.93. The standard InChI is InChI=1S/C12H19O4P.2Na.6H2O/c1-8(2)10-6-5-7-11(9(3)4)12(10)16-17(13,14)15;;;;;;;;/h5-9H,1-4H3,(H2,13,14,15);;;6*1H2/q;2*+1;;;;;;/p-2. The Morgan fingerprint density at radius 3 is 1.28 bits per heavy atom. The summed E-state index contributed by atoms with van der Waals surface area (Å²) in [6.45, 7) is 7.69. The Bertz CT molecular complexity index is 427. The number of rotatable bonds is 4. The Morgan fingerprint density at radius 1 is 0.800 bits per heavy atom. The average molecular weight is 410 g/mol. The molecule has 0 radical (unpaired) electrons. The van der Waals surface area contributed by atoms with E-state index in [2.05, 4.69) is 4.52 Å². The Morgan fingerprint density at radius 2 is 1.08 bits per heavy atom. The van der Waals surface area contributed by atoms with Crippen LogP contribution in [0.3, 0.4) is 0 Å². The van der Waals surface area contributed by atoms with Crippen molar-refractivity contribution in [2.24, 2.45) is 0 Å². The molecule has 0 aliphatic carbocycles. The molecule has 0 spiro atoms. The number of hydrogen-bond donors (Lipinski definition) is 0. The third-order valence-electron chi connectivity index (χ3n) is 2.52. The van der Waals surface area contributed by atoms with Crippen molar-refractivity contribution in [2.45, 2.75) is 39.5 Å². The van der Waals surface area contributed by atoms with Crippen LogP contribution in [0.1, 0.15) is 50.7 Å². The summed E-state index contributed by atoms with van der Waals surface area (Å²) >= 11 is 0. The fraction of sp³-hybridized carbons (Fsp3) is 0.500. The van der Waals surface area contributed by atoms with Gasteiger partial charge in [-0.25, -0.2) is 0 Å². The Kier molecular flexibility index (Phi) is 42.6. The molecule has 1 rings (SSSR count). The van der Waals surface area contributed by atoms with Crippen LogP contribution in [0.2, 0.25) is 0 Å². The molecule has 12 N–H and O–H groups in total. The summed E-state index contributed by atoms with van der Waals surface area (Å²) in [5, 5.41) is 0. The van der Waals surface area contributed by atoms with Crippen molar-refractivity contribution in [3.8, 4) is 5.75 Å². The van der Waals surface area contributed by atoms with Gasteiger partial charge in [-0.15, -0.1) is 0 Å². The summed E-state index contributed by atoms with van der Waals surface area (Å²) in [6, 6.07) is 5.40. The second-order valence-corrected chi connectivity index (χ2v) is 5.69. The van der Waals surface area contributed by atoms with Gasteiger partial charge < -0.3 is 51.7 Å². The van der Waals surface area contributed by atoms with E-state index < -0.39 is 7.82 Å². The van der Waals surface area contributed by atoms with Gasteiger partial charge in [-0.3, -0.25) is 0 Å². The van der Waals surface area contributed by atoms with Crippen LogP contribution in [0.25, 0.3) is 0 Å². The van der Waals surface area contributed by atoms with Gasteiger partial charge in [0.2, 0.25) is 0 Å². The van der Waals surface area contributed by atoms with Gasteiger partial charge in [0.25, 0.3) is 0 Å². The van der Waals surface area contributed by atoms with Crippen LogP contribution < -0.4 is 73.4 Å².